The number of ether oxygens (including phenoxy) is 7. The maximum absolute atomic E-state index is 12.2. The van der Waals surface area contributed by atoms with Gasteiger partial charge in [0, 0.05) is 114 Å². The third kappa shape index (κ3) is 22.9. The van der Waals surface area contributed by atoms with Crippen LogP contribution in [0.2, 0.25) is 0 Å². The first kappa shape index (κ1) is 77.1. The second-order valence-corrected chi connectivity index (χ2v) is 26.7. The smallest absolute Gasteiger partial charge is 0.410 e. The van der Waals surface area contributed by atoms with Crippen LogP contribution in [0.4, 0.5) is 44.7 Å². The van der Waals surface area contributed by atoms with Gasteiger partial charge in [-0.15, -0.1) is 4.98 Å². The summed E-state index contributed by atoms with van der Waals surface area (Å²) in [6.45, 7) is 29.8. The molecule has 6 aromatic heterocycles. The summed E-state index contributed by atoms with van der Waals surface area (Å²) in [5.41, 5.74) is 53.6. The van der Waals surface area contributed by atoms with Crippen molar-refractivity contribution in [3.8, 4) is 5.75 Å². The molecule has 2 amide bonds. The maximum atomic E-state index is 12.2. The standard InChI is InChI=1S/C19H22N2O3.C12H17N3O2.C12H15N3O.C11H15BrN2O.C11H16N2O.C11H14N2O/c1-13-3-5-16(6-4-13)24-19(22)21-17-11-14(2)12-20-18(17)15-7-9-23-10-8-15;1-7-6-9(13)11(15-10(7)12(14)16)8-2-4-17-5-3-8;1-8-7-10(13)11(15-12(8)14-2)9-3-5-16-6-4-9;1-7-6-9(13)10(14-11(7)12)8-2-4-15-5-3-8;2*1-8-6-10(12)11(13-7-8)9-2-4-14-5-3-9/h3-6,11-12,15H,7-10H2,1-2H3,(H,21,22);6,8H,2-5,13H2,1H3,(H2,14,16);7,9H,3-6,13H2,1H3;6,8H,2-5,13H2,1H3;6-7,9H,2-5,12H2,1H3;2,6-7H,3-5,12H2,1H3. The zero-order valence-electron chi connectivity index (χ0n) is 58.9. The average molecular weight is 1430 g/mol. The van der Waals surface area contributed by atoms with Gasteiger partial charge in [0.2, 0.25) is 0 Å². The predicted octanol–water partition coefficient (Wildman–Crippen LogP) is 13.9. The molecular weight excluding hydrogens is 1330 g/mol. The number of rotatable bonds is 9. The third-order valence-electron chi connectivity index (χ3n) is 18.0. The Hall–Kier alpha value is -8.67. The summed E-state index contributed by atoms with van der Waals surface area (Å²) in [6.07, 6.45) is 17.6. The number of nitrogen functional groups attached to an aromatic ring is 5. The fraction of sp³-hybridized carbons (Fsp3) is 0.461. The lowest BCUT2D eigenvalue weighted by Crippen LogP contribution is -2.21. The SMILES string of the molecule is Cc1cc(N)c(C2CCOCC2)nc1Br.Cc1cc(N)c(C2CCOCC2)nc1C(N)=O.Cc1ccc(OC(=O)Nc2cc(C)cnc2C2CCOCC2)cc1.Cc1cnc(C2=CCOCC2)c(N)c1.Cc1cnc(C2CCOCC2)c(N)c1.[C-]#[N+]c1nc(C2CCOCC2)c(N)cc1C. The normalized spacial score (nSPS) is 16.8. The van der Waals surface area contributed by atoms with Crippen molar-refractivity contribution in [1.29, 1.82) is 0 Å². The first-order chi connectivity index (χ1) is 48.1. The van der Waals surface area contributed by atoms with Crippen molar-refractivity contribution in [1.82, 2.24) is 29.9 Å². The number of halogens is 1. The number of nitrogens with zero attached hydrogens (tertiary/aromatic N) is 7. The molecule has 1 aromatic carbocycles. The Morgan fingerprint density at radius 3 is 1.38 bits per heavy atom. The molecule has 6 aliphatic rings. The van der Waals surface area contributed by atoms with Crippen LogP contribution in [-0.2, 0) is 28.4 Å². The van der Waals surface area contributed by atoms with E-state index in [1.165, 1.54) is 5.57 Å². The number of carbonyl (C=O) groups excluding carboxylic acids is 2. The van der Waals surface area contributed by atoms with Crippen molar-refractivity contribution >= 4 is 73.4 Å². The Kier molecular flexibility index (Phi) is 29.9. The van der Waals surface area contributed by atoms with Crippen molar-refractivity contribution in [3.63, 3.8) is 0 Å². The minimum Gasteiger partial charge on any atom is -0.410 e. The van der Waals surface area contributed by atoms with E-state index in [1.54, 1.807) is 25.1 Å². The highest BCUT2D eigenvalue weighted by Crippen LogP contribution is 2.37. The highest BCUT2D eigenvalue weighted by molar-refractivity contribution is 9.10. The van der Waals surface area contributed by atoms with Gasteiger partial charge in [0.1, 0.15) is 16.0 Å². The lowest BCUT2D eigenvalue weighted by molar-refractivity contribution is 0.0844. The molecule has 5 fully saturated rings. The van der Waals surface area contributed by atoms with Gasteiger partial charge in [-0.1, -0.05) is 30.3 Å². The van der Waals surface area contributed by atoms with Crippen LogP contribution < -0.4 is 44.5 Å². The van der Waals surface area contributed by atoms with E-state index in [-0.39, 0.29) is 5.92 Å². The zero-order valence-corrected chi connectivity index (χ0v) is 60.5. The van der Waals surface area contributed by atoms with Crippen LogP contribution in [0.5, 0.6) is 5.75 Å². The molecule has 24 heteroatoms. The Morgan fingerprint density at radius 2 is 0.910 bits per heavy atom. The molecule has 12 heterocycles. The van der Waals surface area contributed by atoms with Gasteiger partial charge in [0.15, 0.2) is 5.69 Å². The number of hydrogen-bond donors (Lipinski definition) is 7. The first-order valence-electron chi connectivity index (χ1n) is 34.4. The van der Waals surface area contributed by atoms with E-state index in [4.69, 9.17) is 74.1 Å². The highest BCUT2D eigenvalue weighted by atomic mass is 79.9. The number of nitrogens with two attached hydrogens (primary N) is 6. The fourth-order valence-electron chi connectivity index (χ4n) is 12.5. The van der Waals surface area contributed by atoms with E-state index in [2.05, 4.69) is 62.1 Å². The van der Waals surface area contributed by atoms with Gasteiger partial charge in [-0.05, 0) is 223 Å². The largest absolute Gasteiger partial charge is 0.417 e. The summed E-state index contributed by atoms with van der Waals surface area (Å²) in [5.74, 6) is 2.34. The second-order valence-electron chi connectivity index (χ2n) is 26.0. The van der Waals surface area contributed by atoms with E-state index < -0.39 is 12.0 Å². The van der Waals surface area contributed by atoms with Gasteiger partial charge in [-0.3, -0.25) is 25.1 Å². The number of primary amides is 1. The van der Waals surface area contributed by atoms with Crippen LogP contribution in [0.15, 0.2) is 89.9 Å². The molecule has 100 heavy (non-hydrogen) atoms. The Morgan fingerprint density at radius 1 is 0.490 bits per heavy atom. The van der Waals surface area contributed by atoms with E-state index in [1.807, 2.05) is 103 Å². The molecular formula is C76H99BrN14O9. The number of aromatic nitrogens is 6. The van der Waals surface area contributed by atoms with Crippen LogP contribution in [-0.4, -0.2) is 121 Å². The third-order valence-corrected chi connectivity index (χ3v) is 18.8. The van der Waals surface area contributed by atoms with Gasteiger partial charge in [-0.2, -0.15) is 0 Å². The number of carbonyl (C=O) groups is 2. The summed E-state index contributed by atoms with van der Waals surface area (Å²) in [5, 5.41) is 2.85. The van der Waals surface area contributed by atoms with Gasteiger partial charge >= 0.3 is 6.09 Å². The van der Waals surface area contributed by atoms with Crippen molar-refractivity contribution in [2.24, 2.45) is 5.73 Å². The zero-order chi connectivity index (χ0) is 71.7. The van der Waals surface area contributed by atoms with Crippen molar-refractivity contribution in [2.45, 2.75) is 149 Å². The highest BCUT2D eigenvalue weighted by Gasteiger charge is 2.27. The predicted molar refractivity (Wildman–Crippen MR) is 397 cm³/mol. The molecule has 7 aromatic rings. The first-order valence-corrected chi connectivity index (χ1v) is 35.2. The van der Waals surface area contributed by atoms with Crippen LogP contribution in [0.3, 0.4) is 0 Å². The number of benzene rings is 1. The number of nitrogens with one attached hydrogen (secondary N) is 1. The molecule has 23 nitrogen and oxygen atoms in total. The van der Waals surface area contributed by atoms with Crippen LogP contribution >= 0.6 is 15.9 Å². The Labute approximate surface area is 596 Å². The molecule has 0 bridgehead atoms. The molecule has 6 aliphatic heterocycles. The topological polar surface area (TPSA) is 349 Å². The number of aryl methyl sites for hydroxylation is 7. The van der Waals surface area contributed by atoms with E-state index >= 15 is 0 Å². The quantitative estimate of drug-likeness (QED) is 0.0521. The average Bonchev–Trinajstić information content (AvgIpc) is 0.922. The molecule has 13 rings (SSSR count). The minimum absolute atomic E-state index is 0.266. The van der Waals surface area contributed by atoms with Crippen molar-refractivity contribution in [2.75, 3.05) is 113 Å². The fourth-order valence-corrected chi connectivity index (χ4v) is 12.8. The molecule has 0 atom stereocenters. The van der Waals surface area contributed by atoms with E-state index in [0.29, 0.717) is 72.1 Å². The summed E-state index contributed by atoms with van der Waals surface area (Å²) < 4.78 is 38.2. The number of anilines is 6. The van der Waals surface area contributed by atoms with E-state index in [0.717, 1.165) is 231 Å². The van der Waals surface area contributed by atoms with Crippen LogP contribution in [0, 0.1) is 55.0 Å². The monoisotopic (exact) mass is 1430 g/mol. The summed E-state index contributed by atoms with van der Waals surface area (Å²) in [4.78, 5) is 53.5. The molecule has 13 N–H and O–H groups in total. The van der Waals surface area contributed by atoms with Crippen LogP contribution in [0.1, 0.15) is 184 Å². The molecule has 0 radical (unpaired) electrons. The number of pyridine rings is 6. The van der Waals surface area contributed by atoms with Gasteiger partial charge < -0.3 is 72.4 Å². The van der Waals surface area contributed by atoms with Crippen molar-refractivity contribution in [3.05, 3.63) is 180 Å². The summed E-state index contributed by atoms with van der Waals surface area (Å²) in [7, 11) is 0. The second kappa shape index (κ2) is 38.8. The van der Waals surface area contributed by atoms with Gasteiger partial charge in [0.05, 0.1) is 75.8 Å². The maximum Gasteiger partial charge on any atom is 0.417 e. The Bertz CT molecular complexity index is 3910. The molecule has 0 unspecified atom stereocenters. The van der Waals surface area contributed by atoms with Gasteiger partial charge in [0.25, 0.3) is 11.7 Å². The van der Waals surface area contributed by atoms with E-state index in [9.17, 15) is 9.59 Å². The number of amides is 2. The molecule has 5 saturated heterocycles. The summed E-state index contributed by atoms with van der Waals surface area (Å²) >= 11 is 3.45. The van der Waals surface area contributed by atoms with Gasteiger partial charge in [-0.25, -0.2) is 14.8 Å². The lowest BCUT2D eigenvalue weighted by Gasteiger charge is -2.23. The molecule has 534 valence electrons. The molecule has 0 saturated carbocycles. The Balaban J connectivity index is 0.000000154. The number of hydrogen-bond acceptors (Lipinski definition) is 20. The summed E-state index contributed by atoms with van der Waals surface area (Å²) in [6, 6.07) is 18.9. The molecule has 0 spiro atoms. The van der Waals surface area contributed by atoms with Crippen molar-refractivity contribution < 1.29 is 42.7 Å². The lowest BCUT2D eigenvalue weighted by atomic mass is 9.94. The minimum atomic E-state index is -0.504. The molecule has 0 aliphatic carbocycles. The van der Waals surface area contributed by atoms with Crippen LogP contribution in [0.25, 0.3) is 10.4 Å².